The van der Waals surface area contributed by atoms with E-state index in [2.05, 4.69) is 21.2 Å². The number of thioether (sulfide) groups is 1. The van der Waals surface area contributed by atoms with Gasteiger partial charge in [0.1, 0.15) is 0 Å². The van der Waals surface area contributed by atoms with E-state index in [-0.39, 0.29) is 11.4 Å². The summed E-state index contributed by atoms with van der Waals surface area (Å²) in [6.45, 7) is 3.14. The van der Waals surface area contributed by atoms with Gasteiger partial charge in [-0.2, -0.15) is 13.2 Å². The third kappa shape index (κ3) is 7.38. The number of ether oxygens (including phenoxy) is 2. The Bertz CT molecular complexity index is 1010. The summed E-state index contributed by atoms with van der Waals surface area (Å²) in [5.74, 6) is -1.32. The molecule has 33 heavy (non-hydrogen) atoms. The molecule has 1 aliphatic heterocycles. The van der Waals surface area contributed by atoms with Gasteiger partial charge >= 0.3 is 12.1 Å². The Morgan fingerprint density at radius 3 is 2.58 bits per heavy atom. The first-order valence-corrected chi connectivity index (χ1v) is 11.8. The van der Waals surface area contributed by atoms with Gasteiger partial charge < -0.3 is 19.7 Å². The van der Waals surface area contributed by atoms with Crippen molar-refractivity contribution < 1.29 is 32.2 Å². The molecule has 0 aliphatic carbocycles. The van der Waals surface area contributed by atoms with Crippen molar-refractivity contribution in [2.75, 3.05) is 48.9 Å². The minimum atomic E-state index is -4.56. The van der Waals surface area contributed by atoms with Gasteiger partial charge in [-0.15, -0.1) is 11.8 Å². The van der Waals surface area contributed by atoms with Crippen molar-refractivity contribution in [3.63, 3.8) is 0 Å². The van der Waals surface area contributed by atoms with E-state index in [1.165, 1.54) is 17.8 Å². The summed E-state index contributed by atoms with van der Waals surface area (Å²) in [5, 5.41) is 2.45. The number of nitrogens with zero attached hydrogens (tertiary/aromatic N) is 1. The lowest BCUT2D eigenvalue weighted by Gasteiger charge is -2.31. The summed E-state index contributed by atoms with van der Waals surface area (Å²) in [6.07, 6.45) is -4.56. The van der Waals surface area contributed by atoms with Gasteiger partial charge in [-0.05, 0) is 48.9 Å². The van der Waals surface area contributed by atoms with Crippen LogP contribution in [0.1, 0.15) is 11.1 Å². The first-order chi connectivity index (χ1) is 15.6. The standard InChI is InChI=1S/C22H22BrF3N2O4S/c1-14-10-16(23)3-5-19(14)33-13-21(30)32-12-20(29)27-17-11-15(22(24,25)26)2-4-18(17)28-6-8-31-9-7-28/h2-5,10-11H,6-9,12-13H2,1H3,(H,27,29). The molecule has 0 saturated carbocycles. The van der Waals surface area contributed by atoms with Crippen LogP contribution in [0.2, 0.25) is 0 Å². The van der Waals surface area contributed by atoms with Crippen molar-refractivity contribution >= 4 is 50.9 Å². The molecule has 1 fully saturated rings. The van der Waals surface area contributed by atoms with E-state index in [1.54, 1.807) is 0 Å². The summed E-state index contributed by atoms with van der Waals surface area (Å²) in [5.41, 5.74) is 0.563. The second-order valence-electron chi connectivity index (χ2n) is 7.24. The summed E-state index contributed by atoms with van der Waals surface area (Å²) < 4.78 is 50.8. The molecule has 0 unspecified atom stereocenters. The fourth-order valence-electron chi connectivity index (χ4n) is 3.18. The lowest BCUT2D eigenvalue weighted by molar-refractivity contribution is -0.144. The number of hydrogen-bond donors (Lipinski definition) is 1. The van der Waals surface area contributed by atoms with Crippen LogP contribution in [0.15, 0.2) is 45.8 Å². The van der Waals surface area contributed by atoms with Gasteiger partial charge in [-0.1, -0.05) is 15.9 Å². The number of rotatable bonds is 7. The third-order valence-electron chi connectivity index (χ3n) is 4.80. The van der Waals surface area contributed by atoms with E-state index in [4.69, 9.17) is 9.47 Å². The Kier molecular flexibility index (Phi) is 8.66. The molecule has 11 heteroatoms. The monoisotopic (exact) mass is 546 g/mol. The highest BCUT2D eigenvalue weighted by Crippen LogP contribution is 2.35. The number of carbonyl (C=O) groups is 2. The smallest absolute Gasteiger partial charge is 0.416 e. The molecule has 1 amide bonds. The van der Waals surface area contributed by atoms with Gasteiger partial charge in [-0.25, -0.2) is 0 Å². The minimum Gasteiger partial charge on any atom is -0.455 e. The summed E-state index contributed by atoms with van der Waals surface area (Å²) >= 11 is 4.65. The Labute approximate surface area is 201 Å². The van der Waals surface area contributed by atoms with Crippen LogP contribution >= 0.6 is 27.7 Å². The molecule has 0 atom stereocenters. The Morgan fingerprint density at radius 2 is 1.91 bits per heavy atom. The van der Waals surface area contributed by atoms with E-state index >= 15 is 0 Å². The largest absolute Gasteiger partial charge is 0.455 e. The van der Waals surface area contributed by atoms with Crippen molar-refractivity contribution in [2.45, 2.75) is 18.0 Å². The molecular weight excluding hydrogens is 525 g/mol. The van der Waals surface area contributed by atoms with Crippen LogP contribution in [-0.4, -0.2) is 50.5 Å². The van der Waals surface area contributed by atoms with Gasteiger partial charge in [0.2, 0.25) is 0 Å². The maximum atomic E-state index is 13.2. The number of amides is 1. The number of esters is 1. The van der Waals surface area contributed by atoms with Crippen LogP contribution < -0.4 is 10.2 Å². The number of carbonyl (C=O) groups excluding carboxylic acids is 2. The Balaban J connectivity index is 1.60. The number of halogens is 4. The SMILES string of the molecule is Cc1cc(Br)ccc1SCC(=O)OCC(=O)Nc1cc(C(F)(F)F)ccc1N1CCOCC1. The van der Waals surface area contributed by atoms with Crippen LogP contribution in [0.3, 0.4) is 0 Å². The van der Waals surface area contributed by atoms with Crippen molar-refractivity contribution in [3.05, 3.63) is 52.0 Å². The molecule has 1 saturated heterocycles. The Morgan fingerprint density at radius 1 is 1.18 bits per heavy atom. The molecular formula is C22H22BrF3N2O4S. The maximum Gasteiger partial charge on any atom is 0.416 e. The average molecular weight is 547 g/mol. The predicted molar refractivity (Wildman–Crippen MR) is 124 cm³/mol. The van der Waals surface area contributed by atoms with E-state index < -0.39 is 30.2 Å². The molecule has 0 radical (unpaired) electrons. The molecule has 0 aromatic heterocycles. The van der Waals surface area contributed by atoms with Gasteiger partial charge in [0.25, 0.3) is 5.91 Å². The average Bonchev–Trinajstić information content (AvgIpc) is 2.77. The van der Waals surface area contributed by atoms with Gasteiger partial charge in [0.05, 0.1) is 35.9 Å². The zero-order valence-corrected chi connectivity index (χ0v) is 20.1. The highest BCUT2D eigenvalue weighted by atomic mass is 79.9. The van der Waals surface area contributed by atoms with Crippen LogP contribution in [0.5, 0.6) is 0 Å². The number of aryl methyl sites for hydroxylation is 1. The first-order valence-electron chi connectivity index (χ1n) is 10.0. The molecule has 6 nitrogen and oxygen atoms in total. The normalized spacial score (nSPS) is 14.2. The van der Waals surface area contributed by atoms with Crippen molar-refractivity contribution in [3.8, 4) is 0 Å². The van der Waals surface area contributed by atoms with Crippen molar-refractivity contribution in [1.29, 1.82) is 0 Å². The van der Waals surface area contributed by atoms with Crippen LogP contribution in [0.25, 0.3) is 0 Å². The fraction of sp³-hybridized carbons (Fsp3) is 0.364. The number of alkyl halides is 3. The van der Waals surface area contributed by atoms with Crippen molar-refractivity contribution in [1.82, 2.24) is 0 Å². The minimum absolute atomic E-state index is 0.00165. The lowest BCUT2D eigenvalue weighted by Crippen LogP contribution is -2.37. The topological polar surface area (TPSA) is 67.9 Å². The third-order valence-corrected chi connectivity index (χ3v) is 6.44. The molecule has 1 aliphatic rings. The summed E-state index contributed by atoms with van der Waals surface area (Å²) in [4.78, 5) is 27.1. The van der Waals surface area contributed by atoms with E-state index in [0.29, 0.717) is 32.0 Å². The molecule has 0 spiro atoms. The molecule has 1 heterocycles. The zero-order valence-electron chi connectivity index (χ0n) is 17.7. The molecule has 0 bridgehead atoms. The quantitative estimate of drug-likeness (QED) is 0.394. The zero-order chi connectivity index (χ0) is 24.0. The fourth-order valence-corrected chi connectivity index (χ4v) is 4.46. The van der Waals surface area contributed by atoms with E-state index in [9.17, 15) is 22.8 Å². The number of hydrogen-bond acceptors (Lipinski definition) is 6. The number of morpholine rings is 1. The number of benzene rings is 2. The second-order valence-corrected chi connectivity index (χ2v) is 9.17. The van der Waals surface area contributed by atoms with Crippen LogP contribution in [-0.2, 0) is 25.2 Å². The Hall–Kier alpha value is -2.24. The molecule has 2 aromatic carbocycles. The van der Waals surface area contributed by atoms with E-state index in [0.717, 1.165) is 27.1 Å². The summed E-state index contributed by atoms with van der Waals surface area (Å²) in [7, 11) is 0. The van der Waals surface area contributed by atoms with Crippen LogP contribution in [0.4, 0.5) is 24.5 Å². The first kappa shape index (κ1) is 25.4. The van der Waals surface area contributed by atoms with Gasteiger partial charge in [0, 0.05) is 22.5 Å². The molecule has 2 aromatic rings. The lowest BCUT2D eigenvalue weighted by atomic mass is 10.1. The second kappa shape index (κ2) is 11.3. The van der Waals surface area contributed by atoms with Gasteiger partial charge in [-0.3, -0.25) is 9.59 Å². The van der Waals surface area contributed by atoms with E-state index in [1.807, 2.05) is 30.0 Å². The highest BCUT2D eigenvalue weighted by molar-refractivity contribution is 9.10. The molecule has 1 N–H and O–H groups in total. The predicted octanol–water partition coefficient (Wildman–Crippen LogP) is 4.89. The van der Waals surface area contributed by atoms with Crippen LogP contribution in [0, 0.1) is 6.92 Å². The number of nitrogens with one attached hydrogen (secondary N) is 1. The van der Waals surface area contributed by atoms with Crippen molar-refractivity contribution in [2.24, 2.45) is 0 Å². The highest BCUT2D eigenvalue weighted by Gasteiger charge is 2.32. The maximum absolute atomic E-state index is 13.2. The molecule has 3 rings (SSSR count). The van der Waals surface area contributed by atoms with Gasteiger partial charge in [0.15, 0.2) is 6.61 Å². The summed E-state index contributed by atoms with van der Waals surface area (Å²) in [6, 6.07) is 8.83. The molecule has 178 valence electrons. The number of anilines is 2.